The molecule has 20 heavy (non-hydrogen) atoms. The minimum atomic E-state index is -0.421. The van der Waals surface area contributed by atoms with Gasteiger partial charge in [0.1, 0.15) is 6.33 Å². The fourth-order valence-corrected chi connectivity index (χ4v) is 1.76. The van der Waals surface area contributed by atoms with Crippen LogP contribution < -0.4 is 5.32 Å². The Balaban J connectivity index is 1.99. The summed E-state index contributed by atoms with van der Waals surface area (Å²) in [6.07, 6.45) is 2.77. The molecule has 0 fully saturated rings. The number of nitrogens with one attached hydrogen (secondary N) is 1. The van der Waals surface area contributed by atoms with Crippen LogP contribution in [0.5, 0.6) is 0 Å². The van der Waals surface area contributed by atoms with Crippen molar-refractivity contribution >= 4 is 5.69 Å². The Labute approximate surface area is 116 Å². The molecule has 106 valence electrons. The highest BCUT2D eigenvalue weighted by atomic mass is 16.6. The third-order valence-electron chi connectivity index (χ3n) is 2.82. The van der Waals surface area contributed by atoms with Crippen molar-refractivity contribution in [3.05, 3.63) is 40.7 Å². The summed E-state index contributed by atoms with van der Waals surface area (Å²) in [4.78, 5) is 14.4. The zero-order valence-corrected chi connectivity index (χ0v) is 11.3. The van der Waals surface area contributed by atoms with Gasteiger partial charge in [-0.2, -0.15) is 5.10 Å². The molecule has 0 bridgehead atoms. The molecule has 1 aromatic heterocycles. The standard InChI is InChI=1S/C13H17N5O2/c1-2-7-14-8-9-17-10-15-13(16-17)11-3-5-12(6-4-11)18(19)20/h3-6,10,14H,2,7-9H2,1H3. The van der Waals surface area contributed by atoms with Gasteiger partial charge in [-0.05, 0) is 25.1 Å². The van der Waals surface area contributed by atoms with Gasteiger partial charge in [-0.3, -0.25) is 14.8 Å². The van der Waals surface area contributed by atoms with Crippen LogP contribution in [0.4, 0.5) is 5.69 Å². The van der Waals surface area contributed by atoms with Crippen molar-refractivity contribution in [2.45, 2.75) is 19.9 Å². The lowest BCUT2D eigenvalue weighted by atomic mass is 10.2. The van der Waals surface area contributed by atoms with Crippen LogP contribution in [0.1, 0.15) is 13.3 Å². The van der Waals surface area contributed by atoms with Crippen LogP contribution in [0.15, 0.2) is 30.6 Å². The number of aromatic nitrogens is 3. The Hall–Kier alpha value is -2.28. The molecule has 1 N–H and O–H groups in total. The average Bonchev–Trinajstić information content (AvgIpc) is 2.92. The van der Waals surface area contributed by atoms with E-state index < -0.39 is 4.92 Å². The van der Waals surface area contributed by atoms with Crippen LogP contribution in [0.3, 0.4) is 0 Å². The van der Waals surface area contributed by atoms with Gasteiger partial charge in [-0.15, -0.1) is 0 Å². The zero-order valence-electron chi connectivity index (χ0n) is 11.3. The summed E-state index contributed by atoms with van der Waals surface area (Å²) < 4.78 is 1.76. The van der Waals surface area contributed by atoms with Gasteiger partial charge in [0.25, 0.3) is 5.69 Å². The van der Waals surface area contributed by atoms with E-state index in [-0.39, 0.29) is 5.69 Å². The molecule has 0 spiro atoms. The Kier molecular flexibility index (Phi) is 4.78. The summed E-state index contributed by atoms with van der Waals surface area (Å²) in [6, 6.07) is 6.23. The monoisotopic (exact) mass is 275 g/mol. The van der Waals surface area contributed by atoms with E-state index in [1.165, 1.54) is 12.1 Å². The quantitative estimate of drug-likeness (QED) is 0.473. The van der Waals surface area contributed by atoms with Crippen molar-refractivity contribution in [1.29, 1.82) is 0 Å². The van der Waals surface area contributed by atoms with Crippen molar-refractivity contribution < 1.29 is 4.92 Å². The molecule has 1 heterocycles. The van der Waals surface area contributed by atoms with Crippen molar-refractivity contribution in [3.63, 3.8) is 0 Å². The maximum atomic E-state index is 10.6. The van der Waals surface area contributed by atoms with E-state index >= 15 is 0 Å². The zero-order chi connectivity index (χ0) is 14.4. The Morgan fingerprint density at radius 1 is 1.30 bits per heavy atom. The summed E-state index contributed by atoms with van der Waals surface area (Å²) in [5.41, 5.74) is 0.841. The highest BCUT2D eigenvalue weighted by molar-refractivity contribution is 5.56. The van der Waals surface area contributed by atoms with Gasteiger partial charge in [0.15, 0.2) is 5.82 Å². The van der Waals surface area contributed by atoms with E-state index in [9.17, 15) is 10.1 Å². The van der Waals surface area contributed by atoms with Crippen LogP contribution in [0.25, 0.3) is 11.4 Å². The van der Waals surface area contributed by atoms with Crippen LogP contribution >= 0.6 is 0 Å². The Morgan fingerprint density at radius 3 is 2.70 bits per heavy atom. The number of nitro groups is 1. The molecular weight excluding hydrogens is 258 g/mol. The molecular formula is C13H17N5O2. The first-order chi connectivity index (χ1) is 9.70. The van der Waals surface area contributed by atoms with Crippen LogP contribution in [-0.2, 0) is 6.54 Å². The number of benzene rings is 1. The second kappa shape index (κ2) is 6.76. The average molecular weight is 275 g/mol. The molecule has 0 amide bonds. The number of hydrogen-bond acceptors (Lipinski definition) is 5. The third kappa shape index (κ3) is 3.61. The molecule has 2 rings (SSSR count). The third-order valence-corrected chi connectivity index (χ3v) is 2.82. The molecule has 2 aromatic rings. The molecule has 7 heteroatoms. The molecule has 0 saturated carbocycles. The van der Waals surface area contributed by atoms with E-state index in [1.54, 1.807) is 23.1 Å². The van der Waals surface area contributed by atoms with Crippen LogP contribution in [0, 0.1) is 10.1 Å². The summed E-state index contributed by atoms with van der Waals surface area (Å²) >= 11 is 0. The number of hydrogen-bond donors (Lipinski definition) is 1. The predicted octanol–water partition coefficient (Wildman–Crippen LogP) is 1.85. The first kappa shape index (κ1) is 14.1. The molecule has 1 aromatic carbocycles. The summed E-state index contributed by atoms with van der Waals surface area (Å²) in [5.74, 6) is 0.579. The molecule has 0 aliphatic rings. The first-order valence-corrected chi connectivity index (χ1v) is 6.55. The van der Waals surface area contributed by atoms with Gasteiger partial charge in [0, 0.05) is 24.2 Å². The first-order valence-electron chi connectivity index (χ1n) is 6.55. The van der Waals surface area contributed by atoms with Crippen molar-refractivity contribution in [2.24, 2.45) is 0 Å². The van der Waals surface area contributed by atoms with Gasteiger partial charge in [0.05, 0.1) is 11.5 Å². The lowest BCUT2D eigenvalue weighted by molar-refractivity contribution is -0.384. The van der Waals surface area contributed by atoms with E-state index in [0.717, 1.165) is 31.6 Å². The van der Waals surface area contributed by atoms with E-state index in [2.05, 4.69) is 22.3 Å². The second-order valence-electron chi connectivity index (χ2n) is 4.39. The SMILES string of the molecule is CCCNCCn1cnc(-c2ccc([N+](=O)[O-])cc2)n1. The molecule has 0 radical (unpaired) electrons. The normalized spacial score (nSPS) is 10.7. The fourth-order valence-electron chi connectivity index (χ4n) is 1.76. The summed E-state index contributed by atoms with van der Waals surface area (Å²) in [7, 11) is 0. The van der Waals surface area contributed by atoms with Gasteiger partial charge < -0.3 is 5.32 Å². The van der Waals surface area contributed by atoms with Crippen LogP contribution in [0.2, 0.25) is 0 Å². The van der Waals surface area contributed by atoms with Crippen molar-refractivity contribution in [3.8, 4) is 11.4 Å². The second-order valence-corrected chi connectivity index (χ2v) is 4.39. The molecule has 0 aliphatic carbocycles. The Bertz CT molecular complexity index is 564. The highest BCUT2D eigenvalue weighted by Crippen LogP contribution is 2.18. The number of nitrogens with zero attached hydrogens (tertiary/aromatic N) is 4. The van der Waals surface area contributed by atoms with Gasteiger partial charge in [0.2, 0.25) is 0 Å². The van der Waals surface area contributed by atoms with Gasteiger partial charge in [-0.25, -0.2) is 4.98 Å². The van der Waals surface area contributed by atoms with Crippen molar-refractivity contribution in [2.75, 3.05) is 13.1 Å². The highest BCUT2D eigenvalue weighted by Gasteiger charge is 2.08. The van der Waals surface area contributed by atoms with Crippen molar-refractivity contribution in [1.82, 2.24) is 20.1 Å². The molecule has 0 atom stereocenters. The smallest absolute Gasteiger partial charge is 0.269 e. The van der Waals surface area contributed by atoms with E-state index in [4.69, 9.17) is 0 Å². The van der Waals surface area contributed by atoms with Gasteiger partial charge >= 0.3 is 0 Å². The number of non-ortho nitro benzene ring substituents is 1. The molecule has 0 saturated heterocycles. The topological polar surface area (TPSA) is 85.9 Å². The Morgan fingerprint density at radius 2 is 2.05 bits per heavy atom. The van der Waals surface area contributed by atoms with E-state index in [0.29, 0.717) is 5.82 Å². The van der Waals surface area contributed by atoms with Gasteiger partial charge in [-0.1, -0.05) is 6.92 Å². The maximum absolute atomic E-state index is 10.6. The summed E-state index contributed by atoms with van der Waals surface area (Å²) in [5, 5.41) is 18.2. The lowest BCUT2D eigenvalue weighted by Crippen LogP contribution is -2.20. The predicted molar refractivity (Wildman–Crippen MR) is 75.3 cm³/mol. The fraction of sp³-hybridized carbons (Fsp3) is 0.385. The minimum Gasteiger partial charge on any atom is -0.315 e. The van der Waals surface area contributed by atoms with Crippen LogP contribution in [-0.4, -0.2) is 32.8 Å². The number of nitro benzene ring substituents is 1. The molecule has 0 unspecified atom stereocenters. The molecule has 7 nitrogen and oxygen atoms in total. The molecule has 0 aliphatic heterocycles. The number of rotatable bonds is 7. The minimum absolute atomic E-state index is 0.0666. The van der Waals surface area contributed by atoms with E-state index in [1.807, 2.05) is 0 Å². The maximum Gasteiger partial charge on any atom is 0.269 e. The summed E-state index contributed by atoms with van der Waals surface area (Å²) in [6.45, 7) is 4.70. The lowest BCUT2D eigenvalue weighted by Gasteiger charge is -2.02. The largest absolute Gasteiger partial charge is 0.315 e.